The maximum Gasteiger partial charge on any atom is 0.227 e. The van der Waals surface area contributed by atoms with Crippen molar-refractivity contribution in [2.24, 2.45) is 0 Å². The van der Waals surface area contributed by atoms with E-state index < -0.39 is 0 Å². The number of benzene rings is 2. The normalized spacial score (nSPS) is 19.1. The molecule has 0 aromatic heterocycles. The maximum atomic E-state index is 13.6. The minimum atomic E-state index is -0.275. The molecule has 4 nitrogen and oxygen atoms in total. The smallest absolute Gasteiger partial charge is 0.227 e. The Bertz CT molecular complexity index is 869. The Labute approximate surface area is 162 Å². The molecular formula is C21H21FN2O2S. The van der Waals surface area contributed by atoms with Crippen LogP contribution >= 0.6 is 11.8 Å². The minimum absolute atomic E-state index is 0.0767. The molecule has 6 heteroatoms. The predicted octanol–water partition coefficient (Wildman–Crippen LogP) is 3.85. The molecule has 2 aromatic rings. The van der Waals surface area contributed by atoms with Gasteiger partial charge in [0.25, 0.3) is 0 Å². The first-order valence-electron chi connectivity index (χ1n) is 9.21. The van der Waals surface area contributed by atoms with Gasteiger partial charge in [-0.25, -0.2) is 4.39 Å². The van der Waals surface area contributed by atoms with E-state index in [1.807, 2.05) is 24.3 Å². The van der Waals surface area contributed by atoms with E-state index in [2.05, 4.69) is 5.32 Å². The summed E-state index contributed by atoms with van der Waals surface area (Å²) in [4.78, 5) is 27.1. The number of halogens is 1. The molecule has 2 aliphatic rings. The van der Waals surface area contributed by atoms with Crippen LogP contribution in [-0.2, 0) is 16.0 Å². The van der Waals surface area contributed by atoms with Gasteiger partial charge in [0.15, 0.2) is 0 Å². The zero-order valence-electron chi connectivity index (χ0n) is 14.9. The second-order valence-corrected chi connectivity index (χ2v) is 8.07. The van der Waals surface area contributed by atoms with Gasteiger partial charge in [0, 0.05) is 29.3 Å². The maximum absolute atomic E-state index is 13.6. The van der Waals surface area contributed by atoms with E-state index in [0.29, 0.717) is 6.42 Å². The summed E-state index contributed by atoms with van der Waals surface area (Å²) >= 11 is 1.70. The second kappa shape index (κ2) is 7.72. The molecule has 1 N–H and O–H groups in total. The SMILES string of the molecule is O=C(Cc1ccc(N2CCCC2=O)cc1)N[C@@H]1CCSc2ccc(F)cc21. The van der Waals surface area contributed by atoms with Crippen LogP contribution < -0.4 is 10.2 Å². The molecule has 2 aliphatic heterocycles. The summed E-state index contributed by atoms with van der Waals surface area (Å²) in [6.07, 6.45) is 2.56. The van der Waals surface area contributed by atoms with Gasteiger partial charge in [-0.15, -0.1) is 11.8 Å². The molecule has 0 aliphatic carbocycles. The van der Waals surface area contributed by atoms with E-state index in [4.69, 9.17) is 0 Å². The van der Waals surface area contributed by atoms with Crippen LogP contribution in [0.25, 0.3) is 0 Å². The topological polar surface area (TPSA) is 49.4 Å². The van der Waals surface area contributed by atoms with Crippen LogP contribution in [0.3, 0.4) is 0 Å². The lowest BCUT2D eigenvalue weighted by Gasteiger charge is -2.26. The van der Waals surface area contributed by atoms with Crippen molar-refractivity contribution in [3.05, 3.63) is 59.4 Å². The summed E-state index contributed by atoms with van der Waals surface area (Å²) in [5.41, 5.74) is 2.64. The molecule has 1 atom stereocenters. The van der Waals surface area contributed by atoms with Crippen molar-refractivity contribution >= 4 is 29.3 Å². The zero-order valence-corrected chi connectivity index (χ0v) is 15.7. The van der Waals surface area contributed by atoms with Gasteiger partial charge in [-0.3, -0.25) is 9.59 Å². The fourth-order valence-corrected chi connectivity index (χ4v) is 4.77. The zero-order chi connectivity index (χ0) is 18.8. The average molecular weight is 384 g/mol. The molecule has 1 fully saturated rings. The van der Waals surface area contributed by atoms with Crippen molar-refractivity contribution in [1.82, 2.24) is 5.32 Å². The largest absolute Gasteiger partial charge is 0.349 e. The third-order valence-corrected chi connectivity index (χ3v) is 6.16. The number of rotatable bonds is 4. The van der Waals surface area contributed by atoms with Crippen LogP contribution in [0.5, 0.6) is 0 Å². The highest BCUT2D eigenvalue weighted by atomic mass is 32.2. The van der Waals surface area contributed by atoms with Crippen molar-refractivity contribution in [3.8, 4) is 0 Å². The number of hydrogen-bond donors (Lipinski definition) is 1. The molecule has 1 saturated heterocycles. The van der Waals surface area contributed by atoms with Crippen molar-refractivity contribution in [2.45, 2.75) is 36.6 Å². The Morgan fingerprint density at radius 3 is 2.78 bits per heavy atom. The number of nitrogens with one attached hydrogen (secondary N) is 1. The highest BCUT2D eigenvalue weighted by molar-refractivity contribution is 7.99. The van der Waals surface area contributed by atoms with Crippen molar-refractivity contribution < 1.29 is 14.0 Å². The van der Waals surface area contributed by atoms with E-state index in [1.54, 1.807) is 22.7 Å². The van der Waals surface area contributed by atoms with Gasteiger partial charge in [0.1, 0.15) is 5.82 Å². The van der Waals surface area contributed by atoms with E-state index in [1.165, 1.54) is 12.1 Å². The molecule has 27 heavy (non-hydrogen) atoms. The lowest BCUT2D eigenvalue weighted by atomic mass is 10.0. The third kappa shape index (κ3) is 4.00. The predicted molar refractivity (Wildman–Crippen MR) is 104 cm³/mol. The van der Waals surface area contributed by atoms with Gasteiger partial charge in [0.05, 0.1) is 12.5 Å². The summed E-state index contributed by atoms with van der Waals surface area (Å²) in [7, 11) is 0. The fraction of sp³-hybridized carbons (Fsp3) is 0.333. The molecule has 2 heterocycles. The number of nitrogens with zero attached hydrogens (tertiary/aromatic N) is 1. The van der Waals surface area contributed by atoms with Gasteiger partial charge in [-0.05, 0) is 54.3 Å². The van der Waals surface area contributed by atoms with E-state index in [-0.39, 0.29) is 30.1 Å². The third-order valence-electron chi connectivity index (χ3n) is 5.03. The molecule has 0 saturated carbocycles. The van der Waals surface area contributed by atoms with Crippen LogP contribution in [-0.4, -0.2) is 24.1 Å². The van der Waals surface area contributed by atoms with Gasteiger partial charge in [0.2, 0.25) is 11.8 Å². The van der Waals surface area contributed by atoms with Gasteiger partial charge < -0.3 is 10.2 Å². The Kier molecular flexibility index (Phi) is 5.16. The summed E-state index contributed by atoms with van der Waals surface area (Å²) in [5.74, 6) is 0.707. The molecule has 140 valence electrons. The highest BCUT2D eigenvalue weighted by Gasteiger charge is 2.24. The number of carbonyl (C=O) groups excluding carboxylic acids is 2. The highest BCUT2D eigenvalue weighted by Crippen LogP contribution is 2.36. The Morgan fingerprint density at radius 2 is 2.04 bits per heavy atom. The molecule has 0 spiro atoms. The van der Waals surface area contributed by atoms with Gasteiger partial charge in [-0.1, -0.05) is 12.1 Å². The van der Waals surface area contributed by atoms with E-state index in [9.17, 15) is 14.0 Å². The van der Waals surface area contributed by atoms with Crippen molar-refractivity contribution in [3.63, 3.8) is 0 Å². The number of anilines is 1. The molecular weight excluding hydrogens is 363 g/mol. The molecule has 2 aromatic carbocycles. The molecule has 4 rings (SSSR count). The molecule has 0 radical (unpaired) electrons. The Morgan fingerprint density at radius 1 is 1.22 bits per heavy atom. The summed E-state index contributed by atoms with van der Waals surface area (Å²) < 4.78 is 13.6. The first-order valence-corrected chi connectivity index (χ1v) is 10.2. The lowest BCUT2D eigenvalue weighted by molar-refractivity contribution is -0.121. The molecule has 0 unspecified atom stereocenters. The van der Waals surface area contributed by atoms with Crippen LogP contribution in [0, 0.1) is 5.82 Å². The van der Waals surface area contributed by atoms with Crippen LogP contribution in [0.2, 0.25) is 0 Å². The molecule has 2 amide bonds. The first-order chi connectivity index (χ1) is 13.1. The van der Waals surface area contributed by atoms with E-state index >= 15 is 0 Å². The van der Waals surface area contributed by atoms with Crippen LogP contribution in [0.15, 0.2) is 47.4 Å². The van der Waals surface area contributed by atoms with Crippen LogP contribution in [0.1, 0.15) is 36.4 Å². The first kappa shape index (κ1) is 18.0. The van der Waals surface area contributed by atoms with Gasteiger partial charge in [-0.2, -0.15) is 0 Å². The Balaban J connectivity index is 1.40. The summed E-state index contributed by atoms with van der Waals surface area (Å²) in [6.45, 7) is 0.758. The standard InChI is InChI=1S/C21H21FN2O2S/c22-15-5-8-19-17(13-15)18(9-11-27-19)23-20(25)12-14-3-6-16(7-4-14)24-10-1-2-21(24)26/h3-8,13,18H,1-2,9-12H2,(H,23,25)/t18-/m1/s1. The number of thioether (sulfide) groups is 1. The molecule has 0 bridgehead atoms. The summed E-state index contributed by atoms with van der Waals surface area (Å²) in [5, 5.41) is 3.04. The van der Waals surface area contributed by atoms with Crippen molar-refractivity contribution in [1.29, 1.82) is 0 Å². The average Bonchev–Trinajstić information content (AvgIpc) is 3.09. The summed E-state index contributed by atoms with van der Waals surface area (Å²) in [6, 6.07) is 12.2. The van der Waals surface area contributed by atoms with Crippen molar-refractivity contribution in [2.75, 3.05) is 17.2 Å². The Hall–Kier alpha value is -2.34. The van der Waals surface area contributed by atoms with E-state index in [0.717, 1.165) is 46.8 Å². The number of amides is 2. The number of fused-ring (bicyclic) bond motifs is 1. The quantitative estimate of drug-likeness (QED) is 0.871. The van der Waals surface area contributed by atoms with Crippen LogP contribution in [0.4, 0.5) is 10.1 Å². The van der Waals surface area contributed by atoms with Gasteiger partial charge >= 0.3 is 0 Å². The lowest BCUT2D eigenvalue weighted by Crippen LogP contribution is -2.31. The number of hydrogen-bond acceptors (Lipinski definition) is 3. The second-order valence-electron chi connectivity index (χ2n) is 6.93. The monoisotopic (exact) mass is 384 g/mol. The number of carbonyl (C=O) groups is 2. The fourth-order valence-electron chi connectivity index (χ4n) is 3.66. The minimum Gasteiger partial charge on any atom is -0.349 e.